The van der Waals surface area contributed by atoms with E-state index in [0.29, 0.717) is 6.42 Å². The molecule has 0 spiro atoms. The molecule has 0 aromatic heterocycles. The highest BCUT2D eigenvalue weighted by atomic mass is 16.1. The van der Waals surface area contributed by atoms with Crippen LogP contribution in [0.2, 0.25) is 0 Å². The van der Waals surface area contributed by atoms with Gasteiger partial charge in [-0.25, -0.2) is 0 Å². The number of amides is 1. The lowest BCUT2D eigenvalue weighted by molar-refractivity contribution is -0.116. The molecule has 0 unspecified atom stereocenters. The number of nitrogens with zero attached hydrogens (tertiary/aromatic N) is 1. The van der Waals surface area contributed by atoms with Gasteiger partial charge < -0.3 is 10.2 Å². The standard InChI is InChI=1S/C15H24N2O/c1-5-8-15(18)16-14-10-9-13(11-12(14)4)17(6-2)7-3/h9-11H,5-8H2,1-4H3,(H,16,18). The van der Waals surface area contributed by atoms with Gasteiger partial charge in [-0.05, 0) is 51.0 Å². The maximum atomic E-state index is 11.6. The molecule has 0 aliphatic rings. The van der Waals surface area contributed by atoms with E-state index in [0.717, 1.165) is 30.8 Å². The van der Waals surface area contributed by atoms with Crippen LogP contribution in [0.3, 0.4) is 0 Å². The highest BCUT2D eigenvalue weighted by molar-refractivity contribution is 5.91. The largest absolute Gasteiger partial charge is 0.372 e. The quantitative estimate of drug-likeness (QED) is 0.834. The van der Waals surface area contributed by atoms with Crippen LogP contribution in [0.5, 0.6) is 0 Å². The third-order valence-electron chi connectivity index (χ3n) is 3.09. The van der Waals surface area contributed by atoms with Crippen LogP contribution in [0.1, 0.15) is 39.2 Å². The zero-order valence-electron chi connectivity index (χ0n) is 11.9. The van der Waals surface area contributed by atoms with E-state index in [2.05, 4.69) is 36.2 Å². The molecule has 0 radical (unpaired) electrons. The minimum atomic E-state index is 0.0937. The fourth-order valence-corrected chi connectivity index (χ4v) is 2.01. The number of anilines is 2. The first-order valence-corrected chi connectivity index (χ1v) is 6.77. The number of hydrogen-bond acceptors (Lipinski definition) is 2. The van der Waals surface area contributed by atoms with Crippen molar-refractivity contribution >= 4 is 17.3 Å². The molecule has 1 aromatic carbocycles. The number of hydrogen-bond donors (Lipinski definition) is 1. The second-order valence-corrected chi connectivity index (χ2v) is 4.47. The van der Waals surface area contributed by atoms with Crippen LogP contribution >= 0.6 is 0 Å². The smallest absolute Gasteiger partial charge is 0.224 e. The van der Waals surface area contributed by atoms with E-state index in [4.69, 9.17) is 0 Å². The van der Waals surface area contributed by atoms with Gasteiger partial charge in [0.05, 0.1) is 0 Å². The number of rotatable bonds is 6. The van der Waals surface area contributed by atoms with Gasteiger partial charge in [0, 0.05) is 30.9 Å². The normalized spacial score (nSPS) is 10.2. The lowest BCUT2D eigenvalue weighted by Crippen LogP contribution is -2.22. The van der Waals surface area contributed by atoms with E-state index in [1.54, 1.807) is 0 Å². The molecule has 0 fully saturated rings. The Hall–Kier alpha value is -1.51. The molecule has 100 valence electrons. The SMILES string of the molecule is CCCC(=O)Nc1ccc(N(CC)CC)cc1C. The summed E-state index contributed by atoms with van der Waals surface area (Å²) in [6.45, 7) is 10.3. The number of aryl methyl sites for hydroxylation is 1. The van der Waals surface area contributed by atoms with E-state index in [9.17, 15) is 4.79 Å². The topological polar surface area (TPSA) is 32.3 Å². The molecule has 3 heteroatoms. The molecule has 1 amide bonds. The molecule has 0 saturated carbocycles. The zero-order valence-corrected chi connectivity index (χ0v) is 11.9. The number of benzene rings is 1. The van der Waals surface area contributed by atoms with Crippen molar-refractivity contribution < 1.29 is 4.79 Å². The molecular formula is C15H24N2O. The highest BCUT2D eigenvalue weighted by Gasteiger charge is 2.07. The summed E-state index contributed by atoms with van der Waals surface area (Å²) < 4.78 is 0. The van der Waals surface area contributed by atoms with Crippen molar-refractivity contribution in [2.75, 3.05) is 23.3 Å². The minimum Gasteiger partial charge on any atom is -0.372 e. The van der Waals surface area contributed by atoms with Crippen molar-refractivity contribution in [3.63, 3.8) is 0 Å². The van der Waals surface area contributed by atoms with E-state index in [1.165, 1.54) is 5.69 Å². The maximum Gasteiger partial charge on any atom is 0.224 e. The lowest BCUT2D eigenvalue weighted by atomic mass is 10.1. The number of nitrogens with one attached hydrogen (secondary N) is 1. The molecule has 1 N–H and O–H groups in total. The monoisotopic (exact) mass is 248 g/mol. The summed E-state index contributed by atoms with van der Waals surface area (Å²) >= 11 is 0. The molecule has 0 aliphatic carbocycles. The predicted octanol–water partition coefficient (Wildman–Crippen LogP) is 3.58. The van der Waals surface area contributed by atoms with Gasteiger partial charge in [-0.2, -0.15) is 0 Å². The first-order valence-electron chi connectivity index (χ1n) is 6.77. The zero-order chi connectivity index (χ0) is 13.5. The van der Waals surface area contributed by atoms with Crippen LogP contribution in [0.25, 0.3) is 0 Å². The van der Waals surface area contributed by atoms with Gasteiger partial charge in [-0.15, -0.1) is 0 Å². The van der Waals surface area contributed by atoms with E-state index in [1.807, 2.05) is 19.9 Å². The van der Waals surface area contributed by atoms with E-state index in [-0.39, 0.29) is 5.91 Å². The average Bonchev–Trinajstić information content (AvgIpc) is 2.34. The van der Waals surface area contributed by atoms with Crippen LogP contribution in [0.4, 0.5) is 11.4 Å². The fraction of sp³-hybridized carbons (Fsp3) is 0.533. The highest BCUT2D eigenvalue weighted by Crippen LogP contribution is 2.22. The second kappa shape index (κ2) is 7.04. The average molecular weight is 248 g/mol. The summed E-state index contributed by atoms with van der Waals surface area (Å²) in [7, 11) is 0. The third-order valence-corrected chi connectivity index (χ3v) is 3.09. The minimum absolute atomic E-state index is 0.0937. The van der Waals surface area contributed by atoms with Crippen LogP contribution in [0.15, 0.2) is 18.2 Å². The van der Waals surface area contributed by atoms with Crippen LogP contribution in [-0.4, -0.2) is 19.0 Å². The summed E-state index contributed by atoms with van der Waals surface area (Å²) in [5.74, 6) is 0.0937. The van der Waals surface area contributed by atoms with Gasteiger partial charge in [-0.3, -0.25) is 4.79 Å². The molecular weight excluding hydrogens is 224 g/mol. The molecule has 1 aromatic rings. The number of carbonyl (C=O) groups is 1. The Kier molecular flexibility index (Phi) is 5.69. The fourth-order valence-electron chi connectivity index (χ4n) is 2.01. The summed E-state index contributed by atoms with van der Waals surface area (Å²) in [5.41, 5.74) is 3.25. The van der Waals surface area contributed by atoms with Crippen molar-refractivity contribution in [3.8, 4) is 0 Å². The van der Waals surface area contributed by atoms with Crippen LogP contribution < -0.4 is 10.2 Å². The van der Waals surface area contributed by atoms with Gasteiger partial charge >= 0.3 is 0 Å². The van der Waals surface area contributed by atoms with Crippen molar-refractivity contribution in [2.45, 2.75) is 40.5 Å². The van der Waals surface area contributed by atoms with Gasteiger partial charge in [0.1, 0.15) is 0 Å². The Morgan fingerprint density at radius 3 is 2.39 bits per heavy atom. The van der Waals surface area contributed by atoms with E-state index < -0.39 is 0 Å². The summed E-state index contributed by atoms with van der Waals surface area (Å²) in [6.07, 6.45) is 1.46. The summed E-state index contributed by atoms with van der Waals surface area (Å²) in [4.78, 5) is 13.9. The van der Waals surface area contributed by atoms with Crippen molar-refractivity contribution in [3.05, 3.63) is 23.8 Å². The van der Waals surface area contributed by atoms with E-state index >= 15 is 0 Å². The second-order valence-electron chi connectivity index (χ2n) is 4.47. The van der Waals surface area contributed by atoms with Crippen molar-refractivity contribution in [2.24, 2.45) is 0 Å². The van der Waals surface area contributed by atoms with Crippen LogP contribution in [-0.2, 0) is 4.79 Å². The Labute approximate surface area is 110 Å². The third kappa shape index (κ3) is 3.76. The summed E-state index contributed by atoms with van der Waals surface area (Å²) in [5, 5.41) is 2.96. The van der Waals surface area contributed by atoms with Gasteiger partial charge in [0.25, 0.3) is 0 Å². The van der Waals surface area contributed by atoms with Crippen molar-refractivity contribution in [1.29, 1.82) is 0 Å². The Morgan fingerprint density at radius 1 is 1.22 bits per heavy atom. The summed E-state index contributed by atoms with van der Waals surface area (Å²) in [6, 6.07) is 6.20. The Bertz CT molecular complexity index is 397. The first kappa shape index (κ1) is 14.6. The molecule has 0 atom stereocenters. The molecule has 0 bridgehead atoms. The maximum absolute atomic E-state index is 11.6. The van der Waals surface area contributed by atoms with Gasteiger partial charge in [0.15, 0.2) is 0 Å². The number of carbonyl (C=O) groups excluding carboxylic acids is 1. The Morgan fingerprint density at radius 2 is 1.89 bits per heavy atom. The lowest BCUT2D eigenvalue weighted by Gasteiger charge is -2.22. The molecule has 0 heterocycles. The molecule has 3 nitrogen and oxygen atoms in total. The molecule has 1 rings (SSSR count). The molecule has 18 heavy (non-hydrogen) atoms. The molecule has 0 aliphatic heterocycles. The first-order chi connectivity index (χ1) is 8.62. The van der Waals surface area contributed by atoms with Gasteiger partial charge in [-0.1, -0.05) is 6.92 Å². The predicted molar refractivity (Wildman–Crippen MR) is 78.3 cm³/mol. The molecule has 0 saturated heterocycles. The van der Waals surface area contributed by atoms with Crippen molar-refractivity contribution in [1.82, 2.24) is 0 Å². The Balaban J connectivity index is 2.82. The van der Waals surface area contributed by atoms with Crippen LogP contribution in [0, 0.1) is 6.92 Å². The van der Waals surface area contributed by atoms with Gasteiger partial charge in [0.2, 0.25) is 5.91 Å².